The predicted molar refractivity (Wildman–Crippen MR) is 175 cm³/mol. The molecule has 246 valence electrons. The van der Waals surface area contributed by atoms with E-state index >= 15 is 0 Å². The van der Waals surface area contributed by atoms with Crippen LogP contribution in [0.4, 0.5) is 0 Å². The Kier molecular flexibility index (Phi) is 25.4. The van der Waals surface area contributed by atoms with Gasteiger partial charge >= 0.3 is 7.82 Å². The number of carbonyl (C=O) groups excluding carboxylic acids is 1. The van der Waals surface area contributed by atoms with Gasteiger partial charge in [-0.2, -0.15) is 0 Å². The van der Waals surface area contributed by atoms with E-state index in [1.165, 1.54) is 51.4 Å². The Morgan fingerprint density at radius 2 is 1.36 bits per heavy atom. The van der Waals surface area contributed by atoms with Crippen molar-refractivity contribution in [2.45, 2.75) is 129 Å². The Balaban J connectivity index is 4.67. The zero-order valence-corrected chi connectivity index (χ0v) is 28.4. The summed E-state index contributed by atoms with van der Waals surface area (Å²) in [5.74, 6) is -0.199. The van der Waals surface area contributed by atoms with E-state index in [0.717, 1.165) is 44.9 Å². The van der Waals surface area contributed by atoms with Crippen molar-refractivity contribution >= 4 is 13.7 Å². The molecule has 3 N–H and O–H groups in total. The lowest BCUT2D eigenvalue weighted by atomic mass is 10.0. The molecule has 0 bridgehead atoms. The van der Waals surface area contributed by atoms with Crippen molar-refractivity contribution in [3.63, 3.8) is 0 Å². The summed E-state index contributed by atoms with van der Waals surface area (Å²) in [6.07, 6.45) is 28.0. The van der Waals surface area contributed by atoms with Gasteiger partial charge in [-0.1, -0.05) is 108 Å². The first-order valence-electron chi connectivity index (χ1n) is 16.3. The Hall–Kier alpha value is -1.28. The van der Waals surface area contributed by atoms with Crippen molar-refractivity contribution < 1.29 is 32.9 Å². The topological polar surface area (TPSA) is 105 Å². The minimum atomic E-state index is -4.33. The molecular formula is C33H64N2O6P+. The van der Waals surface area contributed by atoms with Crippen molar-refractivity contribution in [3.8, 4) is 0 Å². The smallest absolute Gasteiger partial charge is 0.387 e. The minimum absolute atomic E-state index is 0.0534. The van der Waals surface area contributed by atoms with E-state index in [0.29, 0.717) is 17.4 Å². The molecule has 0 rings (SSSR count). The molecule has 9 heteroatoms. The highest BCUT2D eigenvalue weighted by Gasteiger charge is 2.27. The number of hydrogen-bond donors (Lipinski definition) is 3. The summed E-state index contributed by atoms with van der Waals surface area (Å²) in [6.45, 7) is 4.50. The number of aliphatic hydroxyl groups is 1. The van der Waals surface area contributed by atoms with Crippen molar-refractivity contribution in [1.82, 2.24) is 5.32 Å². The van der Waals surface area contributed by atoms with Gasteiger partial charge in [0.15, 0.2) is 0 Å². The fourth-order valence-corrected chi connectivity index (χ4v) is 4.99. The molecule has 0 aromatic heterocycles. The van der Waals surface area contributed by atoms with Crippen molar-refractivity contribution in [2.24, 2.45) is 0 Å². The molecule has 0 spiro atoms. The van der Waals surface area contributed by atoms with E-state index in [4.69, 9.17) is 9.05 Å². The quantitative estimate of drug-likeness (QED) is 0.0362. The first-order chi connectivity index (χ1) is 20.0. The highest BCUT2D eigenvalue weighted by Crippen LogP contribution is 2.43. The van der Waals surface area contributed by atoms with Crippen LogP contribution in [0.2, 0.25) is 0 Å². The van der Waals surface area contributed by atoms with Crippen LogP contribution in [0.5, 0.6) is 0 Å². The number of allylic oxidation sites excluding steroid dienone is 5. The third-order valence-corrected chi connectivity index (χ3v) is 7.92. The molecule has 0 saturated heterocycles. The van der Waals surface area contributed by atoms with Crippen LogP contribution in [0, 0.1) is 0 Å². The molecule has 3 unspecified atom stereocenters. The summed E-state index contributed by atoms with van der Waals surface area (Å²) in [6, 6.07) is -0.861. The second kappa shape index (κ2) is 26.2. The predicted octanol–water partition coefficient (Wildman–Crippen LogP) is 7.62. The van der Waals surface area contributed by atoms with Gasteiger partial charge in [-0.05, 0) is 39.0 Å². The lowest BCUT2D eigenvalue weighted by Gasteiger charge is -2.25. The Bertz CT molecular complexity index is 794. The molecule has 0 radical (unpaired) electrons. The largest absolute Gasteiger partial charge is 0.472 e. The third-order valence-electron chi connectivity index (χ3n) is 6.94. The van der Waals surface area contributed by atoms with Crippen LogP contribution in [0.3, 0.4) is 0 Å². The lowest BCUT2D eigenvalue weighted by Crippen LogP contribution is -2.45. The number of unbranched alkanes of at least 4 members (excludes halogenated alkanes) is 12. The van der Waals surface area contributed by atoms with Crippen LogP contribution in [0.15, 0.2) is 36.5 Å². The zero-order valence-electron chi connectivity index (χ0n) is 27.5. The molecule has 42 heavy (non-hydrogen) atoms. The van der Waals surface area contributed by atoms with E-state index < -0.39 is 20.0 Å². The SMILES string of the molecule is C/C=C/CC/C=C/CC/C=C/C(O)C(COP(=O)(O)OCC[N+](C)(C)C)NC(=O)CCCCCCCCCCCCC. The van der Waals surface area contributed by atoms with E-state index in [2.05, 4.69) is 30.5 Å². The summed E-state index contributed by atoms with van der Waals surface area (Å²) >= 11 is 0. The number of nitrogens with zero attached hydrogens (tertiary/aromatic N) is 1. The van der Waals surface area contributed by atoms with Crippen LogP contribution in [-0.2, 0) is 18.4 Å². The number of carbonyl (C=O) groups is 1. The molecule has 0 saturated carbocycles. The molecule has 8 nitrogen and oxygen atoms in total. The maximum atomic E-state index is 12.7. The van der Waals surface area contributed by atoms with Crippen LogP contribution < -0.4 is 5.32 Å². The normalized spacial score (nSPS) is 15.5. The number of aliphatic hydroxyl groups excluding tert-OH is 1. The molecule has 0 aromatic rings. The van der Waals surface area contributed by atoms with Crippen LogP contribution in [0.25, 0.3) is 0 Å². The van der Waals surface area contributed by atoms with Crippen molar-refractivity contribution in [3.05, 3.63) is 36.5 Å². The van der Waals surface area contributed by atoms with Gasteiger partial charge in [-0.25, -0.2) is 4.57 Å². The lowest BCUT2D eigenvalue weighted by molar-refractivity contribution is -0.870. The molecular weight excluding hydrogens is 551 g/mol. The fraction of sp³-hybridized carbons (Fsp3) is 0.788. The van der Waals surface area contributed by atoms with Crippen molar-refractivity contribution in [1.29, 1.82) is 0 Å². The average molecular weight is 616 g/mol. The highest BCUT2D eigenvalue weighted by molar-refractivity contribution is 7.47. The van der Waals surface area contributed by atoms with Crippen molar-refractivity contribution in [2.75, 3.05) is 40.9 Å². The molecule has 1 amide bonds. The standard InChI is InChI=1S/C33H63N2O6P/c1-6-8-10-12-14-16-17-19-21-23-25-27-33(37)34-31(30-41-42(38,39)40-29-28-35(3,4)5)32(36)26-24-22-20-18-15-13-11-9-7-2/h7,9,15,18,24,26,31-32,36H,6,8,10-14,16-17,19-23,25,27-30H2,1-5H3,(H-,34,37,38,39)/p+1/b9-7+,18-15+,26-24+. The van der Waals surface area contributed by atoms with Gasteiger partial charge in [-0.3, -0.25) is 13.8 Å². The van der Waals surface area contributed by atoms with Gasteiger partial charge in [-0.15, -0.1) is 0 Å². The number of amides is 1. The number of quaternary nitrogens is 1. The number of nitrogens with one attached hydrogen (secondary N) is 1. The first-order valence-corrected chi connectivity index (χ1v) is 17.8. The summed E-state index contributed by atoms with van der Waals surface area (Å²) in [5, 5.41) is 13.6. The molecule has 0 aliphatic rings. The summed E-state index contributed by atoms with van der Waals surface area (Å²) in [5.41, 5.74) is 0. The van der Waals surface area contributed by atoms with Crippen LogP contribution in [-0.4, -0.2) is 73.4 Å². The molecule has 0 aliphatic heterocycles. The molecule has 0 aliphatic carbocycles. The second-order valence-corrected chi connectivity index (χ2v) is 13.6. The molecule has 3 atom stereocenters. The van der Waals surface area contributed by atoms with E-state index in [1.807, 2.05) is 40.2 Å². The second-order valence-electron chi connectivity index (χ2n) is 12.2. The minimum Gasteiger partial charge on any atom is -0.387 e. The zero-order chi connectivity index (χ0) is 31.5. The number of likely N-dealkylation sites (N-methyl/N-ethyl adjacent to an activating group) is 1. The van der Waals surface area contributed by atoms with Gasteiger partial charge in [0.25, 0.3) is 0 Å². The highest BCUT2D eigenvalue weighted by atomic mass is 31.2. The Morgan fingerprint density at radius 3 is 1.90 bits per heavy atom. The number of phosphoric ester groups is 1. The average Bonchev–Trinajstić information content (AvgIpc) is 2.92. The van der Waals surface area contributed by atoms with E-state index in [1.54, 1.807) is 6.08 Å². The number of phosphoric acid groups is 1. The molecule has 0 heterocycles. The van der Waals surface area contributed by atoms with Gasteiger partial charge in [0.2, 0.25) is 5.91 Å². The van der Waals surface area contributed by atoms with Gasteiger partial charge in [0.05, 0.1) is 39.9 Å². The maximum absolute atomic E-state index is 12.7. The molecule has 0 aromatic carbocycles. The fourth-order valence-electron chi connectivity index (χ4n) is 4.25. The van der Waals surface area contributed by atoms with Crippen LogP contribution in [0.1, 0.15) is 117 Å². The number of hydrogen-bond acceptors (Lipinski definition) is 5. The summed E-state index contributed by atoms with van der Waals surface area (Å²) in [4.78, 5) is 22.8. The summed E-state index contributed by atoms with van der Waals surface area (Å²) in [7, 11) is 1.54. The van der Waals surface area contributed by atoms with Gasteiger partial charge in [0.1, 0.15) is 13.2 Å². The molecule has 0 fully saturated rings. The van der Waals surface area contributed by atoms with Gasteiger partial charge < -0.3 is 19.8 Å². The Morgan fingerprint density at radius 1 is 0.833 bits per heavy atom. The van der Waals surface area contributed by atoms with E-state index in [9.17, 15) is 19.4 Å². The van der Waals surface area contributed by atoms with Crippen LogP contribution >= 0.6 is 7.82 Å². The van der Waals surface area contributed by atoms with Gasteiger partial charge in [0, 0.05) is 6.42 Å². The number of rotatable bonds is 28. The monoisotopic (exact) mass is 615 g/mol. The third kappa shape index (κ3) is 27.5. The maximum Gasteiger partial charge on any atom is 0.472 e. The summed E-state index contributed by atoms with van der Waals surface area (Å²) < 4.78 is 23.3. The van der Waals surface area contributed by atoms with E-state index in [-0.39, 0.29) is 19.1 Å². The Labute approximate surface area is 257 Å². The first kappa shape index (κ1) is 40.7.